The molecule has 0 radical (unpaired) electrons. The van der Waals surface area contributed by atoms with Crippen LogP contribution in [-0.2, 0) is 4.79 Å². The van der Waals surface area contributed by atoms with Gasteiger partial charge in [-0.15, -0.1) is 0 Å². The maximum atomic E-state index is 11.8. The highest BCUT2D eigenvalue weighted by molar-refractivity contribution is 7.99. The summed E-state index contributed by atoms with van der Waals surface area (Å²) in [6, 6.07) is 0.328. The molecular weight excluding hydrogens is 212 g/mol. The van der Waals surface area contributed by atoms with Gasteiger partial charge >= 0.3 is 0 Å². The normalized spacial score (nSPS) is 31.9. The third kappa shape index (κ3) is 3.09. The van der Waals surface area contributed by atoms with Gasteiger partial charge in [-0.2, -0.15) is 11.8 Å². The molecule has 2 saturated heterocycles. The molecule has 1 amide bonds. The number of nitrogens with one attached hydrogen (secondary N) is 1. The monoisotopic (exact) mass is 230 g/mol. The van der Waals surface area contributed by atoms with Crippen LogP contribution in [0, 0.1) is 0 Å². The molecule has 5 heteroatoms. The summed E-state index contributed by atoms with van der Waals surface area (Å²) in [4.78, 5) is 13.6. The first kappa shape index (κ1) is 11.2. The fraction of sp³-hybridized carbons (Fsp3) is 0.900. The van der Waals surface area contributed by atoms with E-state index in [4.69, 9.17) is 0 Å². The number of nitrogens with zero attached hydrogens (tertiary/aromatic N) is 1. The smallest absolute Gasteiger partial charge is 0.224 e. The van der Waals surface area contributed by atoms with Gasteiger partial charge in [0, 0.05) is 43.6 Å². The highest BCUT2D eigenvalue weighted by atomic mass is 32.2. The van der Waals surface area contributed by atoms with E-state index in [-0.39, 0.29) is 12.0 Å². The second kappa shape index (κ2) is 5.18. The Labute approximate surface area is 94.4 Å². The molecule has 2 heterocycles. The highest BCUT2D eigenvalue weighted by Gasteiger charge is 2.26. The second-order valence-electron chi connectivity index (χ2n) is 4.21. The average molecular weight is 230 g/mol. The van der Waals surface area contributed by atoms with Crippen molar-refractivity contribution in [3.05, 3.63) is 0 Å². The molecule has 0 spiro atoms. The summed E-state index contributed by atoms with van der Waals surface area (Å²) in [5, 5.41) is 12.7. The number of carbonyl (C=O) groups is 1. The summed E-state index contributed by atoms with van der Waals surface area (Å²) in [5.74, 6) is 2.36. The van der Waals surface area contributed by atoms with E-state index < -0.39 is 0 Å². The SMILES string of the molecule is O=C(CC1CSCCN1)N1CC[C@H](O)C1. The fourth-order valence-electron chi connectivity index (χ4n) is 2.06. The summed E-state index contributed by atoms with van der Waals surface area (Å²) >= 11 is 1.91. The average Bonchev–Trinajstić information content (AvgIpc) is 2.66. The third-order valence-corrected chi connectivity index (χ3v) is 4.07. The van der Waals surface area contributed by atoms with E-state index in [2.05, 4.69) is 5.32 Å². The van der Waals surface area contributed by atoms with Gasteiger partial charge in [0.05, 0.1) is 6.10 Å². The Balaban J connectivity index is 1.76. The van der Waals surface area contributed by atoms with Crippen LogP contribution in [0.5, 0.6) is 0 Å². The number of hydrogen-bond donors (Lipinski definition) is 2. The van der Waals surface area contributed by atoms with Gasteiger partial charge in [-0.05, 0) is 6.42 Å². The fourth-order valence-corrected chi connectivity index (χ4v) is 3.01. The first-order chi connectivity index (χ1) is 7.25. The molecular formula is C10H18N2O2S. The Kier molecular flexibility index (Phi) is 3.88. The van der Waals surface area contributed by atoms with Crippen LogP contribution in [-0.4, -0.2) is 59.2 Å². The van der Waals surface area contributed by atoms with Crippen molar-refractivity contribution in [2.24, 2.45) is 0 Å². The number of rotatable bonds is 2. The molecule has 15 heavy (non-hydrogen) atoms. The molecule has 2 atom stereocenters. The van der Waals surface area contributed by atoms with E-state index in [0.29, 0.717) is 19.0 Å². The highest BCUT2D eigenvalue weighted by Crippen LogP contribution is 2.14. The molecule has 2 N–H and O–H groups in total. The molecule has 2 rings (SSSR count). The zero-order chi connectivity index (χ0) is 10.7. The van der Waals surface area contributed by atoms with Crippen LogP contribution in [0.25, 0.3) is 0 Å². The Morgan fingerprint density at radius 1 is 1.60 bits per heavy atom. The van der Waals surface area contributed by atoms with Crippen molar-refractivity contribution >= 4 is 17.7 Å². The Morgan fingerprint density at radius 2 is 2.47 bits per heavy atom. The van der Waals surface area contributed by atoms with Crippen molar-refractivity contribution in [3.8, 4) is 0 Å². The minimum absolute atomic E-state index is 0.187. The number of amides is 1. The Bertz CT molecular complexity index is 231. The molecule has 2 aliphatic rings. The van der Waals surface area contributed by atoms with Crippen LogP contribution >= 0.6 is 11.8 Å². The number of likely N-dealkylation sites (tertiary alicyclic amines) is 1. The van der Waals surface area contributed by atoms with Gasteiger partial charge in [-0.3, -0.25) is 4.79 Å². The van der Waals surface area contributed by atoms with Crippen LogP contribution < -0.4 is 5.32 Å². The number of hydrogen-bond acceptors (Lipinski definition) is 4. The number of thioether (sulfide) groups is 1. The van der Waals surface area contributed by atoms with Gasteiger partial charge in [0.25, 0.3) is 0 Å². The van der Waals surface area contributed by atoms with Gasteiger partial charge in [-0.1, -0.05) is 0 Å². The summed E-state index contributed by atoms with van der Waals surface area (Å²) < 4.78 is 0. The molecule has 0 aromatic rings. The zero-order valence-electron chi connectivity index (χ0n) is 8.82. The maximum absolute atomic E-state index is 11.8. The minimum atomic E-state index is -0.303. The molecule has 0 saturated carbocycles. The Hall–Kier alpha value is -0.260. The standard InChI is InChI=1S/C10H18N2O2S/c13-9-1-3-12(6-9)10(14)5-8-7-15-4-2-11-8/h8-9,11,13H,1-7H2/t8?,9-/m0/s1. The van der Waals surface area contributed by atoms with Crippen LogP contribution in [0.15, 0.2) is 0 Å². The van der Waals surface area contributed by atoms with Crippen molar-refractivity contribution in [1.29, 1.82) is 0 Å². The van der Waals surface area contributed by atoms with Crippen molar-refractivity contribution < 1.29 is 9.90 Å². The summed E-state index contributed by atoms with van der Waals surface area (Å²) in [6.45, 7) is 2.25. The van der Waals surface area contributed by atoms with E-state index in [0.717, 1.165) is 31.0 Å². The maximum Gasteiger partial charge on any atom is 0.224 e. The summed E-state index contributed by atoms with van der Waals surface area (Å²) in [7, 11) is 0. The topological polar surface area (TPSA) is 52.6 Å². The predicted molar refractivity (Wildman–Crippen MR) is 60.9 cm³/mol. The first-order valence-electron chi connectivity index (χ1n) is 5.52. The molecule has 0 aliphatic carbocycles. The van der Waals surface area contributed by atoms with E-state index in [1.165, 1.54) is 0 Å². The summed E-state index contributed by atoms with van der Waals surface area (Å²) in [5.41, 5.74) is 0. The van der Waals surface area contributed by atoms with Gasteiger partial charge in [0.1, 0.15) is 0 Å². The van der Waals surface area contributed by atoms with Crippen molar-refractivity contribution in [2.45, 2.75) is 25.0 Å². The molecule has 2 aliphatic heterocycles. The van der Waals surface area contributed by atoms with Crippen LogP contribution in [0.4, 0.5) is 0 Å². The van der Waals surface area contributed by atoms with E-state index >= 15 is 0 Å². The molecule has 0 aromatic carbocycles. The van der Waals surface area contributed by atoms with Crippen molar-refractivity contribution in [2.75, 3.05) is 31.1 Å². The lowest BCUT2D eigenvalue weighted by molar-refractivity contribution is -0.130. The lowest BCUT2D eigenvalue weighted by atomic mass is 10.2. The Morgan fingerprint density at radius 3 is 3.07 bits per heavy atom. The number of carbonyl (C=O) groups excluding carboxylic acids is 1. The molecule has 0 bridgehead atoms. The minimum Gasteiger partial charge on any atom is -0.391 e. The van der Waals surface area contributed by atoms with E-state index in [9.17, 15) is 9.90 Å². The van der Waals surface area contributed by atoms with E-state index in [1.54, 1.807) is 4.90 Å². The van der Waals surface area contributed by atoms with Crippen LogP contribution in [0.3, 0.4) is 0 Å². The third-order valence-electron chi connectivity index (χ3n) is 2.94. The zero-order valence-corrected chi connectivity index (χ0v) is 9.63. The van der Waals surface area contributed by atoms with Crippen molar-refractivity contribution in [3.63, 3.8) is 0 Å². The molecule has 0 aromatic heterocycles. The predicted octanol–water partition coefficient (Wildman–Crippen LogP) is -0.325. The number of aliphatic hydroxyl groups is 1. The molecule has 2 fully saturated rings. The lowest BCUT2D eigenvalue weighted by Crippen LogP contribution is -2.42. The molecule has 4 nitrogen and oxygen atoms in total. The van der Waals surface area contributed by atoms with Gasteiger partial charge in [0.15, 0.2) is 0 Å². The molecule has 86 valence electrons. The lowest BCUT2D eigenvalue weighted by Gasteiger charge is -2.25. The molecule has 1 unspecified atom stereocenters. The van der Waals surface area contributed by atoms with Crippen molar-refractivity contribution in [1.82, 2.24) is 10.2 Å². The largest absolute Gasteiger partial charge is 0.391 e. The number of β-amino-alcohol motifs (C(OH)–C–C–N with tert-alkyl or cyclic N) is 1. The quantitative estimate of drug-likeness (QED) is 0.682. The van der Waals surface area contributed by atoms with Gasteiger partial charge in [-0.25, -0.2) is 0 Å². The van der Waals surface area contributed by atoms with Crippen LogP contribution in [0.1, 0.15) is 12.8 Å². The first-order valence-corrected chi connectivity index (χ1v) is 6.68. The second-order valence-corrected chi connectivity index (χ2v) is 5.36. The summed E-state index contributed by atoms with van der Waals surface area (Å²) in [6.07, 6.45) is 1.01. The van der Waals surface area contributed by atoms with Crippen LogP contribution in [0.2, 0.25) is 0 Å². The van der Waals surface area contributed by atoms with E-state index in [1.807, 2.05) is 11.8 Å². The number of aliphatic hydroxyl groups excluding tert-OH is 1. The van der Waals surface area contributed by atoms with Gasteiger partial charge < -0.3 is 15.3 Å². The van der Waals surface area contributed by atoms with Gasteiger partial charge in [0.2, 0.25) is 5.91 Å².